The molecule has 2 heterocycles. The number of halogens is 2. The van der Waals surface area contributed by atoms with Gasteiger partial charge < -0.3 is 25.1 Å². The lowest BCUT2D eigenvalue weighted by atomic mass is 10.2. The number of furan rings is 1. The molecule has 1 fully saturated rings. The second-order valence-electron chi connectivity index (χ2n) is 6.15. The van der Waals surface area contributed by atoms with Gasteiger partial charge in [-0.1, -0.05) is 0 Å². The zero-order chi connectivity index (χ0) is 18.2. The number of amides is 2. The van der Waals surface area contributed by atoms with Crippen molar-refractivity contribution in [1.82, 2.24) is 15.1 Å². The first kappa shape index (κ1) is 25.7. The maximum Gasteiger partial charge on any atom is 0.257 e. The van der Waals surface area contributed by atoms with E-state index >= 15 is 0 Å². The number of hydrogen-bond acceptors (Lipinski definition) is 6. The van der Waals surface area contributed by atoms with Gasteiger partial charge in [0.1, 0.15) is 12.0 Å². The number of methoxy groups -OCH3 is 1. The maximum atomic E-state index is 12.5. The predicted octanol–water partition coefficient (Wildman–Crippen LogP) is 0.881. The van der Waals surface area contributed by atoms with Gasteiger partial charge in [0.2, 0.25) is 5.91 Å². The lowest BCUT2D eigenvalue weighted by molar-refractivity contribution is -0.126. The molecule has 2 rings (SSSR count). The van der Waals surface area contributed by atoms with Gasteiger partial charge in [0.05, 0.1) is 18.2 Å². The van der Waals surface area contributed by atoms with Crippen LogP contribution < -0.4 is 11.1 Å². The Morgan fingerprint density at radius 1 is 1.30 bits per heavy atom. The fraction of sp³-hybridized carbons (Fsp3) is 0.647. The van der Waals surface area contributed by atoms with Gasteiger partial charge in [0, 0.05) is 46.4 Å². The maximum absolute atomic E-state index is 12.5. The highest BCUT2D eigenvalue weighted by Gasteiger charge is 2.28. The summed E-state index contributed by atoms with van der Waals surface area (Å²) in [5.41, 5.74) is 6.03. The predicted molar refractivity (Wildman–Crippen MR) is 108 cm³/mol. The van der Waals surface area contributed by atoms with Gasteiger partial charge in [-0.3, -0.25) is 14.5 Å². The average Bonchev–Trinajstić information content (AvgIpc) is 3.13. The van der Waals surface area contributed by atoms with Gasteiger partial charge in [-0.05, 0) is 19.4 Å². The van der Waals surface area contributed by atoms with E-state index in [2.05, 4.69) is 10.2 Å². The molecule has 1 atom stereocenters. The first-order valence-electron chi connectivity index (χ1n) is 8.64. The molecule has 156 valence electrons. The number of rotatable bonds is 8. The number of nitrogens with zero attached hydrogens (tertiary/aromatic N) is 2. The van der Waals surface area contributed by atoms with Gasteiger partial charge in [0.15, 0.2) is 0 Å². The smallest absolute Gasteiger partial charge is 0.257 e. The van der Waals surface area contributed by atoms with Crippen LogP contribution in [0.5, 0.6) is 0 Å². The molecule has 2 amide bonds. The summed E-state index contributed by atoms with van der Waals surface area (Å²) in [4.78, 5) is 28.5. The van der Waals surface area contributed by atoms with Crippen LogP contribution in [0, 0.1) is 0 Å². The van der Waals surface area contributed by atoms with Gasteiger partial charge in [-0.2, -0.15) is 0 Å². The van der Waals surface area contributed by atoms with Gasteiger partial charge in [-0.15, -0.1) is 24.8 Å². The Bertz CT molecular complexity index is 577. The Kier molecular flexibility index (Phi) is 12.3. The fourth-order valence-electron chi connectivity index (χ4n) is 2.84. The SMILES string of the molecule is COCCCNC(=O)C(C)N1CCN(C(=O)c2coc(CN)c2)CC1.Cl.Cl. The largest absolute Gasteiger partial charge is 0.467 e. The summed E-state index contributed by atoms with van der Waals surface area (Å²) in [5, 5.41) is 2.92. The monoisotopic (exact) mass is 424 g/mol. The molecule has 0 spiro atoms. The van der Waals surface area contributed by atoms with Crippen LogP contribution in [-0.2, 0) is 16.1 Å². The van der Waals surface area contributed by atoms with Crippen molar-refractivity contribution in [3.8, 4) is 0 Å². The highest BCUT2D eigenvalue weighted by molar-refractivity contribution is 5.94. The van der Waals surface area contributed by atoms with Crippen molar-refractivity contribution in [2.45, 2.75) is 25.9 Å². The van der Waals surface area contributed by atoms with E-state index in [9.17, 15) is 9.59 Å². The molecular formula is C17H30Cl2N4O4. The van der Waals surface area contributed by atoms with Crippen molar-refractivity contribution in [2.75, 3.05) is 46.4 Å². The van der Waals surface area contributed by atoms with Crippen LogP contribution in [0.4, 0.5) is 0 Å². The Morgan fingerprint density at radius 2 is 1.96 bits per heavy atom. The summed E-state index contributed by atoms with van der Waals surface area (Å²) in [6, 6.07) is 1.47. The minimum atomic E-state index is -0.211. The van der Waals surface area contributed by atoms with E-state index in [0.717, 1.165) is 6.42 Å². The van der Waals surface area contributed by atoms with E-state index in [1.807, 2.05) is 6.92 Å². The molecule has 1 aliphatic rings. The lowest BCUT2D eigenvalue weighted by Gasteiger charge is -2.37. The van der Waals surface area contributed by atoms with Gasteiger partial charge in [0.25, 0.3) is 5.91 Å². The van der Waals surface area contributed by atoms with Crippen molar-refractivity contribution in [1.29, 1.82) is 0 Å². The first-order chi connectivity index (χ1) is 12.1. The highest BCUT2D eigenvalue weighted by atomic mass is 35.5. The molecule has 27 heavy (non-hydrogen) atoms. The number of ether oxygens (including phenoxy) is 1. The van der Waals surface area contributed by atoms with E-state index in [-0.39, 0.29) is 49.2 Å². The summed E-state index contributed by atoms with van der Waals surface area (Å²) in [6.45, 7) is 5.92. The highest BCUT2D eigenvalue weighted by Crippen LogP contribution is 2.13. The molecule has 0 aromatic carbocycles. The zero-order valence-corrected chi connectivity index (χ0v) is 17.4. The molecule has 1 aromatic heterocycles. The topological polar surface area (TPSA) is 101 Å². The molecule has 1 aromatic rings. The number of piperazine rings is 1. The molecule has 0 aliphatic carbocycles. The van der Waals surface area contributed by atoms with E-state index in [4.69, 9.17) is 14.9 Å². The van der Waals surface area contributed by atoms with Gasteiger partial charge >= 0.3 is 0 Å². The molecule has 0 saturated carbocycles. The van der Waals surface area contributed by atoms with Crippen LogP contribution in [0.1, 0.15) is 29.5 Å². The summed E-state index contributed by atoms with van der Waals surface area (Å²) < 4.78 is 10.2. The third kappa shape index (κ3) is 7.31. The fourth-order valence-corrected chi connectivity index (χ4v) is 2.84. The minimum Gasteiger partial charge on any atom is -0.467 e. The van der Waals surface area contributed by atoms with Crippen molar-refractivity contribution in [3.05, 3.63) is 23.7 Å². The number of nitrogens with one attached hydrogen (secondary N) is 1. The molecule has 1 aliphatic heterocycles. The quantitative estimate of drug-likeness (QED) is 0.600. The molecule has 1 unspecified atom stereocenters. The van der Waals surface area contributed by atoms with Crippen LogP contribution in [0.3, 0.4) is 0 Å². The second-order valence-corrected chi connectivity index (χ2v) is 6.15. The number of carbonyl (C=O) groups is 2. The molecule has 0 bridgehead atoms. The number of carbonyl (C=O) groups excluding carboxylic acids is 2. The van der Waals surface area contributed by atoms with Crippen LogP contribution in [0.15, 0.2) is 16.7 Å². The average molecular weight is 425 g/mol. The van der Waals surface area contributed by atoms with Crippen molar-refractivity contribution in [3.63, 3.8) is 0 Å². The van der Waals surface area contributed by atoms with Crippen molar-refractivity contribution in [2.24, 2.45) is 5.73 Å². The lowest BCUT2D eigenvalue weighted by Crippen LogP contribution is -2.55. The van der Waals surface area contributed by atoms with E-state index in [1.54, 1.807) is 18.1 Å². The standard InChI is InChI=1S/C17H28N4O4.2ClH/c1-13(16(22)19-4-3-9-24-2)20-5-7-21(8-6-20)17(23)14-10-15(11-18)25-12-14;;/h10,12-13H,3-9,11,18H2,1-2H3,(H,19,22);2*1H. The molecule has 10 heteroatoms. The second kappa shape index (κ2) is 13.0. The Balaban J connectivity index is 0.00000338. The summed E-state index contributed by atoms with van der Waals surface area (Å²) in [7, 11) is 1.64. The molecule has 8 nitrogen and oxygen atoms in total. The van der Waals surface area contributed by atoms with Crippen LogP contribution >= 0.6 is 24.8 Å². The van der Waals surface area contributed by atoms with Crippen LogP contribution in [0.2, 0.25) is 0 Å². The Hall–Kier alpha value is -1.32. The van der Waals surface area contributed by atoms with Crippen LogP contribution in [0.25, 0.3) is 0 Å². The van der Waals surface area contributed by atoms with Crippen molar-refractivity contribution < 1.29 is 18.7 Å². The van der Waals surface area contributed by atoms with Crippen molar-refractivity contribution >= 4 is 36.6 Å². The molecule has 3 N–H and O–H groups in total. The van der Waals surface area contributed by atoms with E-state index in [1.165, 1.54) is 6.26 Å². The minimum absolute atomic E-state index is 0. The van der Waals surface area contributed by atoms with Gasteiger partial charge in [-0.25, -0.2) is 0 Å². The molecular weight excluding hydrogens is 395 g/mol. The zero-order valence-electron chi connectivity index (χ0n) is 15.8. The third-order valence-electron chi connectivity index (χ3n) is 4.46. The first-order valence-corrected chi connectivity index (χ1v) is 8.64. The normalized spacial score (nSPS) is 15.4. The number of hydrogen-bond donors (Lipinski definition) is 2. The molecule has 0 radical (unpaired) electrons. The Labute approximate surface area is 172 Å². The van der Waals surface area contributed by atoms with Crippen LogP contribution in [-0.4, -0.2) is 74.1 Å². The summed E-state index contributed by atoms with van der Waals surface area (Å²) >= 11 is 0. The number of nitrogens with two attached hydrogens (primary N) is 1. The third-order valence-corrected chi connectivity index (χ3v) is 4.46. The van der Waals surface area contributed by atoms with E-state index < -0.39 is 0 Å². The summed E-state index contributed by atoms with van der Waals surface area (Å²) in [5.74, 6) is 0.554. The summed E-state index contributed by atoms with van der Waals surface area (Å²) in [6.07, 6.45) is 2.25. The molecule has 1 saturated heterocycles. The van der Waals surface area contributed by atoms with E-state index in [0.29, 0.717) is 50.7 Å². The Morgan fingerprint density at radius 3 is 2.52 bits per heavy atom.